The first-order chi connectivity index (χ1) is 12.2. The van der Waals surface area contributed by atoms with Gasteiger partial charge in [0.25, 0.3) is 0 Å². The van der Waals surface area contributed by atoms with Crippen LogP contribution in [0.1, 0.15) is 37.9 Å². The van der Waals surface area contributed by atoms with Gasteiger partial charge in [0.1, 0.15) is 16.5 Å². The summed E-state index contributed by atoms with van der Waals surface area (Å²) < 4.78 is 0. The van der Waals surface area contributed by atoms with E-state index in [2.05, 4.69) is 38.6 Å². The summed E-state index contributed by atoms with van der Waals surface area (Å²) in [6.45, 7) is 7.73. The molecule has 0 spiro atoms. The number of likely N-dealkylation sites (N-methyl/N-ethyl adjacent to an activating group) is 1. The van der Waals surface area contributed by atoms with Crippen LogP contribution in [0.4, 0.5) is 5.82 Å². The first-order valence-corrected chi connectivity index (χ1v) is 10.4. The summed E-state index contributed by atoms with van der Waals surface area (Å²) >= 11 is 1.70. The van der Waals surface area contributed by atoms with E-state index >= 15 is 0 Å². The number of nitrogens with one attached hydrogen (secondary N) is 1. The highest BCUT2D eigenvalue weighted by Gasteiger charge is 2.39. The molecule has 1 aliphatic heterocycles. The normalized spacial score (nSPS) is 22.3. The van der Waals surface area contributed by atoms with Crippen LogP contribution in [-0.2, 0) is 0 Å². The summed E-state index contributed by atoms with van der Waals surface area (Å²) in [5, 5.41) is 7.01. The third-order valence-electron chi connectivity index (χ3n) is 5.98. The van der Waals surface area contributed by atoms with Crippen LogP contribution in [0, 0.1) is 6.92 Å². The molecule has 2 aliphatic rings. The third kappa shape index (κ3) is 3.52. The third-order valence-corrected chi connectivity index (χ3v) is 6.79. The second-order valence-corrected chi connectivity index (χ2v) is 8.58. The fourth-order valence-electron chi connectivity index (χ4n) is 4.44. The Morgan fingerprint density at radius 2 is 1.88 bits per heavy atom. The van der Waals surface area contributed by atoms with Gasteiger partial charge in [-0.05, 0) is 38.3 Å². The molecule has 1 aliphatic carbocycles. The lowest BCUT2D eigenvalue weighted by Gasteiger charge is -2.49. The van der Waals surface area contributed by atoms with Crippen LogP contribution < -0.4 is 5.32 Å². The van der Waals surface area contributed by atoms with Gasteiger partial charge >= 0.3 is 0 Å². The van der Waals surface area contributed by atoms with E-state index < -0.39 is 0 Å². The summed E-state index contributed by atoms with van der Waals surface area (Å²) in [5.41, 5.74) is 0.292. The van der Waals surface area contributed by atoms with Gasteiger partial charge in [-0.25, -0.2) is 9.97 Å². The van der Waals surface area contributed by atoms with Crippen molar-refractivity contribution in [3.8, 4) is 0 Å². The van der Waals surface area contributed by atoms with Gasteiger partial charge in [-0.2, -0.15) is 0 Å². The van der Waals surface area contributed by atoms with Crippen LogP contribution in [0.3, 0.4) is 0 Å². The van der Waals surface area contributed by atoms with Gasteiger partial charge in [-0.15, -0.1) is 11.3 Å². The number of rotatable bonds is 4. The van der Waals surface area contributed by atoms with Crippen molar-refractivity contribution in [1.29, 1.82) is 0 Å². The second-order valence-electron chi connectivity index (χ2n) is 7.69. The van der Waals surface area contributed by atoms with Crippen molar-refractivity contribution in [1.82, 2.24) is 19.8 Å². The zero-order valence-corrected chi connectivity index (χ0v) is 16.2. The van der Waals surface area contributed by atoms with E-state index in [1.807, 2.05) is 6.92 Å². The van der Waals surface area contributed by atoms with Crippen LogP contribution >= 0.6 is 11.3 Å². The van der Waals surface area contributed by atoms with Gasteiger partial charge in [0.15, 0.2) is 0 Å². The van der Waals surface area contributed by atoms with E-state index in [0.29, 0.717) is 5.54 Å². The lowest BCUT2D eigenvalue weighted by atomic mass is 9.79. The molecule has 1 N–H and O–H groups in total. The van der Waals surface area contributed by atoms with Crippen LogP contribution in [0.15, 0.2) is 11.4 Å². The smallest absolute Gasteiger partial charge is 0.138 e. The predicted molar refractivity (Wildman–Crippen MR) is 106 cm³/mol. The van der Waals surface area contributed by atoms with E-state index in [1.54, 1.807) is 11.3 Å². The molecule has 0 aromatic carbocycles. The summed E-state index contributed by atoms with van der Waals surface area (Å²) in [7, 11) is 2.24. The molecule has 2 aromatic rings. The minimum atomic E-state index is 0.292. The molecule has 1 saturated heterocycles. The topological polar surface area (TPSA) is 44.3 Å². The fraction of sp³-hybridized carbons (Fsp3) is 0.684. The largest absolute Gasteiger partial charge is 0.368 e. The van der Waals surface area contributed by atoms with E-state index in [1.165, 1.54) is 63.7 Å². The minimum Gasteiger partial charge on any atom is -0.368 e. The van der Waals surface area contributed by atoms with Crippen LogP contribution in [0.5, 0.6) is 0 Å². The number of thiophene rings is 1. The molecule has 0 unspecified atom stereocenters. The van der Waals surface area contributed by atoms with Gasteiger partial charge in [-0.1, -0.05) is 19.3 Å². The SMILES string of the molecule is Cc1nc(NCC2(N3CCN(C)CC3)CCCCC2)c2ccsc2n1. The highest BCUT2D eigenvalue weighted by Crippen LogP contribution is 2.35. The van der Waals surface area contributed by atoms with Gasteiger partial charge < -0.3 is 10.2 Å². The molecule has 136 valence electrons. The van der Waals surface area contributed by atoms with E-state index in [0.717, 1.165) is 23.0 Å². The molecule has 0 bridgehead atoms. The number of anilines is 1. The van der Waals surface area contributed by atoms with E-state index in [4.69, 9.17) is 4.98 Å². The van der Waals surface area contributed by atoms with E-state index in [9.17, 15) is 0 Å². The van der Waals surface area contributed by atoms with Crippen molar-refractivity contribution in [2.24, 2.45) is 0 Å². The number of fused-ring (bicyclic) bond motifs is 1. The van der Waals surface area contributed by atoms with Crippen molar-refractivity contribution in [3.05, 3.63) is 17.3 Å². The molecule has 6 heteroatoms. The molecular weight excluding hydrogens is 330 g/mol. The average Bonchev–Trinajstić information content (AvgIpc) is 3.09. The zero-order chi connectivity index (χ0) is 17.3. The number of aromatic nitrogens is 2. The molecule has 3 heterocycles. The lowest BCUT2D eigenvalue weighted by Crippen LogP contribution is -2.60. The Hall–Kier alpha value is -1.24. The number of hydrogen-bond acceptors (Lipinski definition) is 6. The second kappa shape index (κ2) is 7.17. The summed E-state index contributed by atoms with van der Waals surface area (Å²) in [5.74, 6) is 1.87. The van der Waals surface area contributed by atoms with Crippen LogP contribution in [-0.4, -0.2) is 65.1 Å². The molecular formula is C19H29N5S. The van der Waals surface area contributed by atoms with Crippen molar-refractivity contribution in [2.45, 2.75) is 44.6 Å². The maximum Gasteiger partial charge on any atom is 0.138 e. The number of nitrogens with zero attached hydrogens (tertiary/aromatic N) is 4. The quantitative estimate of drug-likeness (QED) is 0.907. The molecule has 0 atom stereocenters. The predicted octanol–water partition coefficient (Wildman–Crippen LogP) is 3.36. The molecule has 5 nitrogen and oxygen atoms in total. The van der Waals surface area contributed by atoms with Crippen molar-refractivity contribution in [2.75, 3.05) is 45.1 Å². The standard InChI is InChI=1S/C19H29N5S/c1-15-21-17(16-6-13-25-18(16)22-15)20-14-19(7-4-3-5-8-19)24-11-9-23(2)10-12-24/h6,13H,3-5,7-12,14H2,1-2H3,(H,20,21,22). The van der Waals surface area contributed by atoms with E-state index in [-0.39, 0.29) is 0 Å². The van der Waals surface area contributed by atoms with Crippen LogP contribution in [0.2, 0.25) is 0 Å². The van der Waals surface area contributed by atoms with Crippen molar-refractivity contribution in [3.63, 3.8) is 0 Å². The van der Waals surface area contributed by atoms with Crippen molar-refractivity contribution >= 4 is 27.4 Å². The monoisotopic (exact) mass is 359 g/mol. The van der Waals surface area contributed by atoms with Crippen LogP contribution in [0.25, 0.3) is 10.2 Å². The number of piperazine rings is 1. The van der Waals surface area contributed by atoms with Crippen molar-refractivity contribution < 1.29 is 0 Å². The van der Waals surface area contributed by atoms with Gasteiger partial charge in [-0.3, -0.25) is 4.90 Å². The summed E-state index contributed by atoms with van der Waals surface area (Å²) in [6.07, 6.45) is 6.70. The molecule has 1 saturated carbocycles. The zero-order valence-electron chi connectivity index (χ0n) is 15.4. The lowest BCUT2D eigenvalue weighted by molar-refractivity contribution is 0.0221. The Balaban J connectivity index is 1.55. The first-order valence-electron chi connectivity index (χ1n) is 9.56. The summed E-state index contributed by atoms with van der Waals surface area (Å²) in [6, 6.07) is 2.14. The molecule has 4 rings (SSSR count). The fourth-order valence-corrected chi connectivity index (χ4v) is 5.25. The molecule has 2 fully saturated rings. The number of hydrogen-bond donors (Lipinski definition) is 1. The Labute approximate surface area is 154 Å². The minimum absolute atomic E-state index is 0.292. The Bertz CT molecular complexity index is 714. The molecule has 2 aromatic heterocycles. The Morgan fingerprint density at radius 3 is 2.64 bits per heavy atom. The highest BCUT2D eigenvalue weighted by molar-refractivity contribution is 7.16. The first kappa shape index (κ1) is 17.2. The maximum absolute atomic E-state index is 4.70. The maximum atomic E-state index is 4.70. The van der Waals surface area contributed by atoms with Gasteiger partial charge in [0, 0.05) is 38.3 Å². The highest BCUT2D eigenvalue weighted by atomic mass is 32.1. The average molecular weight is 360 g/mol. The van der Waals surface area contributed by atoms with Gasteiger partial charge in [0.2, 0.25) is 0 Å². The Morgan fingerprint density at radius 1 is 1.12 bits per heavy atom. The summed E-state index contributed by atoms with van der Waals surface area (Å²) in [4.78, 5) is 15.6. The Kier molecular flexibility index (Phi) is 4.93. The number of aryl methyl sites for hydroxylation is 1. The molecule has 25 heavy (non-hydrogen) atoms. The molecule has 0 amide bonds. The van der Waals surface area contributed by atoms with Gasteiger partial charge in [0.05, 0.1) is 5.39 Å². The molecule has 0 radical (unpaired) electrons.